The van der Waals surface area contributed by atoms with Crippen LogP contribution in [-0.4, -0.2) is 25.7 Å². The number of aryl methyl sites for hydroxylation is 2. The lowest BCUT2D eigenvalue weighted by Gasteiger charge is -2.06. The fraction of sp³-hybridized carbons (Fsp3) is 0.125. The summed E-state index contributed by atoms with van der Waals surface area (Å²) >= 11 is 0. The van der Waals surface area contributed by atoms with Gasteiger partial charge in [-0.25, -0.2) is 9.97 Å². The van der Waals surface area contributed by atoms with Crippen molar-refractivity contribution in [2.45, 2.75) is 6.92 Å². The Morgan fingerprint density at radius 1 is 1.18 bits per heavy atom. The highest BCUT2D eigenvalue weighted by molar-refractivity contribution is 6.02. The van der Waals surface area contributed by atoms with E-state index in [0.717, 1.165) is 11.3 Å². The van der Waals surface area contributed by atoms with E-state index >= 15 is 0 Å². The maximum Gasteiger partial charge on any atom is 0.275 e. The predicted octanol–water partition coefficient (Wildman–Crippen LogP) is 2.44. The number of hydrogen-bond donors (Lipinski definition) is 1. The van der Waals surface area contributed by atoms with E-state index < -0.39 is 0 Å². The summed E-state index contributed by atoms with van der Waals surface area (Å²) in [7, 11) is 1.73. The zero-order chi connectivity index (χ0) is 15.5. The molecule has 0 spiro atoms. The second-order valence-corrected chi connectivity index (χ2v) is 4.88. The highest BCUT2D eigenvalue weighted by atomic mass is 16.2. The monoisotopic (exact) mass is 293 g/mol. The molecule has 0 aliphatic carbocycles. The summed E-state index contributed by atoms with van der Waals surface area (Å²) in [5.41, 5.74) is 2.17. The van der Waals surface area contributed by atoms with Crippen LogP contribution >= 0.6 is 0 Å². The minimum Gasteiger partial charge on any atom is -0.305 e. The van der Waals surface area contributed by atoms with E-state index in [-0.39, 0.29) is 5.91 Å². The summed E-state index contributed by atoms with van der Waals surface area (Å²) in [5.74, 6) is 0.776. The van der Waals surface area contributed by atoms with Gasteiger partial charge in [0.25, 0.3) is 5.91 Å². The number of aromatic nitrogens is 4. The Morgan fingerprint density at radius 2 is 1.95 bits per heavy atom. The second kappa shape index (κ2) is 5.77. The molecule has 0 bridgehead atoms. The summed E-state index contributed by atoms with van der Waals surface area (Å²) in [6.45, 7) is 1.84. The molecule has 3 aromatic rings. The van der Waals surface area contributed by atoms with Gasteiger partial charge in [0.15, 0.2) is 5.82 Å². The van der Waals surface area contributed by atoms with Crippen LogP contribution in [0, 0.1) is 6.92 Å². The fourth-order valence-corrected chi connectivity index (χ4v) is 2.16. The van der Waals surface area contributed by atoms with Crippen LogP contribution in [0.15, 0.2) is 48.7 Å². The molecule has 0 atom stereocenters. The summed E-state index contributed by atoms with van der Waals surface area (Å²) in [4.78, 5) is 20.9. The molecule has 2 heterocycles. The van der Waals surface area contributed by atoms with Gasteiger partial charge in [0, 0.05) is 18.8 Å². The van der Waals surface area contributed by atoms with E-state index in [9.17, 15) is 4.79 Å². The lowest BCUT2D eigenvalue weighted by molar-refractivity contribution is 0.101. The molecule has 1 amide bonds. The summed E-state index contributed by atoms with van der Waals surface area (Å²) < 4.78 is 1.55. The topological polar surface area (TPSA) is 72.7 Å². The second-order valence-electron chi connectivity index (χ2n) is 4.88. The van der Waals surface area contributed by atoms with Gasteiger partial charge in [-0.05, 0) is 19.1 Å². The van der Waals surface area contributed by atoms with E-state index in [1.54, 1.807) is 30.1 Å². The molecule has 0 aliphatic rings. The molecule has 0 saturated heterocycles. The van der Waals surface area contributed by atoms with Crippen molar-refractivity contribution >= 4 is 11.7 Å². The smallest absolute Gasteiger partial charge is 0.275 e. The number of carbonyl (C=O) groups excluding carboxylic acids is 1. The molecule has 22 heavy (non-hydrogen) atoms. The third-order valence-electron chi connectivity index (χ3n) is 3.16. The standard InChI is InChI=1S/C16H15N5O/c1-11-10-13(21(2)20-11)16(22)19-14-8-9-17-15(18-14)12-6-4-3-5-7-12/h3-10H,1-2H3,(H,17,18,19,22). The first-order valence-corrected chi connectivity index (χ1v) is 6.84. The number of rotatable bonds is 3. The molecule has 0 fully saturated rings. The Hall–Kier alpha value is -3.02. The maximum absolute atomic E-state index is 12.3. The van der Waals surface area contributed by atoms with Gasteiger partial charge < -0.3 is 5.32 Å². The van der Waals surface area contributed by atoms with E-state index in [0.29, 0.717) is 17.3 Å². The van der Waals surface area contributed by atoms with Crippen molar-refractivity contribution < 1.29 is 4.79 Å². The summed E-state index contributed by atoms with van der Waals surface area (Å²) in [5, 5.41) is 6.93. The molecule has 110 valence electrons. The molecule has 0 radical (unpaired) electrons. The molecule has 0 aliphatic heterocycles. The highest BCUT2D eigenvalue weighted by Crippen LogP contribution is 2.16. The molecule has 0 saturated carbocycles. The Morgan fingerprint density at radius 3 is 2.64 bits per heavy atom. The van der Waals surface area contributed by atoms with Crippen molar-refractivity contribution in [3.05, 3.63) is 60.0 Å². The zero-order valence-electron chi connectivity index (χ0n) is 12.3. The van der Waals surface area contributed by atoms with Gasteiger partial charge in [0.1, 0.15) is 11.5 Å². The van der Waals surface area contributed by atoms with Gasteiger partial charge in [0.2, 0.25) is 0 Å². The first kappa shape index (κ1) is 13.9. The predicted molar refractivity (Wildman–Crippen MR) is 83.4 cm³/mol. The normalized spacial score (nSPS) is 10.5. The first-order chi connectivity index (χ1) is 10.6. The lowest BCUT2D eigenvalue weighted by atomic mass is 10.2. The number of nitrogens with one attached hydrogen (secondary N) is 1. The molecule has 6 heteroatoms. The van der Waals surface area contributed by atoms with Crippen LogP contribution in [0.2, 0.25) is 0 Å². The average molecular weight is 293 g/mol. The fourth-order valence-electron chi connectivity index (χ4n) is 2.16. The largest absolute Gasteiger partial charge is 0.305 e. The molecular weight excluding hydrogens is 278 g/mol. The van der Waals surface area contributed by atoms with Gasteiger partial charge in [-0.15, -0.1) is 0 Å². The average Bonchev–Trinajstić information content (AvgIpc) is 2.87. The minimum atomic E-state index is -0.249. The number of benzene rings is 1. The van der Waals surface area contributed by atoms with Crippen molar-refractivity contribution in [3.8, 4) is 11.4 Å². The molecule has 0 unspecified atom stereocenters. The zero-order valence-corrected chi connectivity index (χ0v) is 12.3. The van der Waals surface area contributed by atoms with Gasteiger partial charge in [0.05, 0.1) is 5.69 Å². The first-order valence-electron chi connectivity index (χ1n) is 6.84. The van der Waals surface area contributed by atoms with Crippen LogP contribution in [-0.2, 0) is 7.05 Å². The molecule has 2 aromatic heterocycles. The number of nitrogens with zero attached hydrogens (tertiary/aromatic N) is 4. The quantitative estimate of drug-likeness (QED) is 0.805. The highest BCUT2D eigenvalue weighted by Gasteiger charge is 2.13. The minimum absolute atomic E-state index is 0.249. The van der Waals surface area contributed by atoms with Crippen LogP contribution in [0.5, 0.6) is 0 Å². The lowest BCUT2D eigenvalue weighted by Crippen LogP contribution is -2.17. The maximum atomic E-state index is 12.3. The van der Waals surface area contributed by atoms with Crippen LogP contribution < -0.4 is 5.32 Å². The van der Waals surface area contributed by atoms with E-state index in [2.05, 4.69) is 20.4 Å². The van der Waals surface area contributed by atoms with Gasteiger partial charge in [-0.2, -0.15) is 5.10 Å². The van der Waals surface area contributed by atoms with Crippen LogP contribution in [0.25, 0.3) is 11.4 Å². The van der Waals surface area contributed by atoms with Crippen molar-refractivity contribution in [3.63, 3.8) is 0 Å². The van der Waals surface area contributed by atoms with Crippen molar-refractivity contribution in [1.29, 1.82) is 0 Å². The third-order valence-corrected chi connectivity index (χ3v) is 3.16. The van der Waals surface area contributed by atoms with Crippen molar-refractivity contribution in [1.82, 2.24) is 19.7 Å². The SMILES string of the molecule is Cc1cc(C(=O)Nc2ccnc(-c3ccccc3)n2)n(C)n1. The number of anilines is 1. The molecule has 6 nitrogen and oxygen atoms in total. The van der Waals surface area contributed by atoms with Gasteiger partial charge >= 0.3 is 0 Å². The van der Waals surface area contributed by atoms with Crippen molar-refractivity contribution in [2.24, 2.45) is 7.05 Å². The van der Waals surface area contributed by atoms with Crippen molar-refractivity contribution in [2.75, 3.05) is 5.32 Å². The Bertz CT molecular complexity index is 810. The Kier molecular flexibility index (Phi) is 3.65. The Labute approximate surface area is 127 Å². The molecule has 1 aromatic carbocycles. The summed E-state index contributed by atoms with van der Waals surface area (Å²) in [6.07, 6.45) is 1.62. The van der Waals surface area contributed by atoms with Crippen LogP contribution in [0.1, 0.15) is 16.2 Å². The number of amides is 1. The Balaban J connectivity index is 1.84. The van der Waals surface area contributed by atoms with Crippen LogP contribution in [0.4, 0.5) is 5.82 Å². The number of carbonyl (C=O) groups is 1. The van der Waals surface area contributed by atoms with Crippen LogP contribution in [0.3, 0.4) is 0 Å². The van der Waals surface area contributed by atoms with E-state index in [1.165, 1.54) is 0 Å². The molecule has 3 rings (SSSR count). The summed E-state index contributed by atoms with van der Waals surface area (Å²) in [6, 6.07) is 13.0. The molecular formula is C16H15N5O. The third kappa shape index (κ3) is 2.85. The van der Waals surface area contributed by atoms with Gasteiger partial charge in [-0.1, -0.05) is 30.3 Å². The van der Waals surface area contributed by atoms with E-state index in [1.807, 2.05) is 37.3 Å². The van der Waals surface area contributed by atoms with E-state index in [4.69, 9.17) is 0 Å². The van der Waals surface area contributed by atoms with Gasteiger partial charge in [-0.3, -0.25) is 9.48 Å². The molecule has 1 N–H and O–H groups in total. The number of hydrogen-bond acceptors (Lipinski definition) is 4.